The Bertz CT molecular complexity index is 447. The number of amides is 1. The summed E-state index contributed by atoms with van der Waals surface area (Å²) in [4.78, 5) is 11.4. The number of benzene rings is 1. The Morgan fingerprint density at radius 2 is 2.11 bits per heavy atom. The fraction of sp³-hybridized carbons (Fsp3) is 0.417. The number of carbonyl (C=O) groups is 1. The largest absolute Gasteiger partial charge is 0.418 e. The highest BCUT2D eigenvalue weighted by Crippen LogP contribution is 2.35. The van der Waals surface area contributed by atoms with E-state index in [-0.39, 0.29) is 18.0 Å². The predicted molar refractivity (Wildman–Crippen MR) is 65.6 cm³/mol. The predicted octanol–water partition coefficient (Wildman–Crippen LogP) is 2.65. The minimum absolute atomic E-state index is 0.0339. The van der Waals surface area contributed by atoms with E-state index in [9.17, 15) is 18.0 Å². The molecule has 0 unspecified atom stereocenters. The van der Waals surface area contributed by atoms with Crippen LogP contribution in [0.2, 0.25) is 0 Å². The van der Waals surface area contributed by atoms with Gasteiger partial charge in [-0.05, 0) is 24.6 Å². The summed E-state index contributed by atoms with van der Waals surface area (Å²) in [7, 11) is 0. The highest BCUT2D eigenvalue weighted by Gasteiger charge is 2.33. The molecular formula is C12H15F3N2O2. The van der Waals surface area contributed by atoms with E-state index in [0.717, 1.165) is 18.6 Å². The lowest BCUT2D eigenvalue weighted by Crippen LogP contribution is -2.19. The van der Waals surface area contributed by atoms with Crippen LogP contribution in [0.15, 0.2) is 18.2 Å². The molecule has 106 valence electrons. The lowest BCUT2D eigenvalue weighted by Gasteiger charge is -2.12. The molecule has 0 heterocycles. The Labute approximate surface area is 108 Å². The average Bonchev–Trinajstić information content (AvgIpc) is 2.30. The lowest BCUT2D eigenvalue weighted by molar-refractivity contribution is -0.137. The van der Waals surface area contributed by atoms with Crippen molar-refractivity contribution in [2.45, 2.75) is 19.5 Å². The second kappa shape index (κ2) is 6.42. The maximum Gasteiger partial charge on any atom is 0.418 e. The fourth-order valence-electron chi connectivity index (χ4n) is 1.39. The first kappa shape index (κ1) is 15.3. The molecule has 0 spiro atoms. The molecule has 0 bridgehead atoms. The van der Waals surface area contributed by atoms with E-state index in [1.54, 1.807) is 0 Å². The van der Waals surface area contributed by atoms with Gasteiger partial charge in [0.15, 0.2) is 0 Å². The molecule has 4 nitrogen and oxygen atoms in total. The van der Waals surface area contributed by atoms with Gasteiger partial charge in [0.2, 0.25) is 5.91 Å². The number of ether oxygens (including phenoxy) is 1. The van der Waals surface area contributed by atoms with Gasteiger partial charge in [-0.1, -0.05) is 6.92 Å². The van der Waals surface area contributed by atoms with Gasteiger partial charge in [0.25, 0.3) is 0 Å². The SMILES string of the molecule is CCCOCC(=O)Nc1ccc(N)c(C(F)(F)F)c1. The van der Waals surface area contributed by atoms with Crippen molar-refractivity contribution >= 4 is 17.3 Å². The zero-order valence-electron chi connectivity index (χ0n) is 10.4. The lowest BCUT2D eigenvalue weighted by atomic mass is 10.1. The van der Waals surface area contributed by atoms with E-state index in [1.165, 1.54) is 6.07 Å². The molecule has 1 aromatic carbocycles. The zero-order valence-corrected chi connectivity index (χ0v) is 10.4. The summed E-state index contributed by atoms with van der Waals surface area (Å²) in [6.45, 7) is 2.11. The Hall–Kier alpha value is -1.76. The molecule has 1 rings (SSSR count). The molecule has 0 radical (unpaired) electrons. The second-order valence-corrected chi connectivity index (χ2v) is 3.90. The topological polar surface area (TPSA) is 64.3 Å². The van der Waals surface area contributed by atoms with Crippen LogP contribution in [-0.2, 0) is 15.7 Å². The van der Waals surface area contributed by atoms with E-state index >= 15 is 0 Å². The molecule has 3 N–H and O–H groups in total. The van der Waals surface area contributed by atoms with Crippen molar-refractivity contribution in [3.63, 3.8) is 0 Å². The summed E-state index contributed by atoms with van der Waals surface area (Å²) in [5.74, 6) is -0.508. The van der Waals surface area contributed by atoms with E-state index in [1.807, 2.05) is 6.92 Å². The normalized spacial score (nSPS) is 11.4. The van der Waals surface area contributed by atoms with E-state index in [4.69, 9.17) is 10.5 Å². The summed E-state index contributed by atoms with van der Waals surface area (Å²) in [5, 5.41) is 2.32. The molecule has 0 aromatic heterocycles. The molecule has 0 saturated carbocycles. The molecule has 0 fully saturated rings. The number of halogens is 3. The maximum absolute atomic E-state index is 12.6. The third-order valence-electron chi connectivity index (χ3n) is 2.22. The maximum atomic E-state index is 12.6. The van der Waals surface area contributed by atoms with Crippen LogP contribution in [0, 0.1) is 0 Å². The molecule has 0 aliphatic heterocycles. The number of carbonyl (C=O) groups excluding carboxylic acids is 1. The molecule has 19 heavy (non-hydrogen) atoms. The molecule has 1 amide bonds. The smallest absolute Gasteiger partial charge is 0.398 e. The van der Waals surface area contributed by atoms with Gasteiger partial charge in [0, 0.05) is 18.0 Å². The third kappa shape index (κ3) is 4.78. The second-order valence-electron chi connectivity index (χ2n) is 3.90. The molecule has 0 aliphatic carbocycles. The van der Waals surface area contributed by atoms with Crippen molar-refractivity contribution in [3.05, 3.63) is 23.8 Å². The first-order valence-corrected chi connectivity index (χ1v) is 5.69. The number of rotatable bonds is 5. The number of nitrogens with two attached hydrogens (primary N) is 1. The highest BCUT2D eigenvalue weighted by atomic mass is 19.4. The van der Waals surface area contributed by atoms with Crippen LogP contribution in [0.3, 0.4) is 0 Å². The minimum atomic E-state index is -4.55. The van der Waals surface area contributed by atoms with Crippen molar-refractivity contribution in [1.82, 2.24) is 0 Å². The average molecular weight is 276 g/mol. The van der Waals surface area contributed by atoms with Crippen LogP contribution in [0.1, 0.15) is 18.9 Å². The van der Waals surface area contributed by atoms with Crippen LogP contribution in [-0.4, -0.2) is 19.1 Å². The number of hydrogen-bond acceptors (Lipinski definition) is 3. The number of nitrogens with one attached hydrogen (secondary N) is 1. The van der Waals surface area contributed by atoms with Gasteiger partial charge in [-0.15, -0.1) is 0 Å². The van der Waals surface area contributed by atoms with Gasteiger partial charge in [-0.3, -0.25) is 4.79 Å². The Balaban J connectivity index is 2.72. The Morgan fingerprint density at radius 1 is 1.42 bits per heavy atom. The first-order chi connectivity index (χ1) is 8.84. The van der Waals surface area contributed by atoms with Crippen LogP contribution in [0.5, 0.6) is 0 Å². The third-order valence-corrected chi connectivity index (χ3v) is 2.22. The number of hydrogen-bond donors (Lipinski definition) is 2. The molecule has 0 saturated heterocycles. The first-order valence-electron chi connectivity index (χ1n) is 5.69. The summed E-state index contributed by atoms with van der Waals surface area (Å²) < 4.78 is 42.8. The van der Waals surface area contributed by atoms with Gasteiger partial charge in [0.05, 0.1) is 5.56 Å². The van der Waals surface area contributed by atoms with Crippen molar-refractivity contribution in [3.8, 4) is 0 Å². The minimum Gasteiger partial charge on any atom is -0.398 e. The zero-order chi connectivity index (χ0) is 14.5. The monoisotopic (exact) mass is 276 g/mol. The molecule has 1 aromatic rings. The summed E-state index contributed by atoms with van der Waals surface area (Å²) in [6, 6.07) is 3.21. The number of nitrogen functional groups attached to an aromatic ring is 1. The summed E-state index contributed by atoms with van der Waals surface area (Å²) in [5.41, 5.74) is 3.93. The summed E-state index contributed by atoms with van der Waals surface area (Å²) in [6.07, 6.45) is -3.79. The van der Waals surface area contributed by atoms with Gasteiger partial charge < -0.3 is 15.8 Å². The van der Waals surface area contributed by atoms with Gasteiger partial charge in [-0.2, -0.15) is 13.2 Å². The van der Waals surface area contributed by atoms with Crippen LogP contribution in [0.4, 0.5) is 24.5 Å². The number of alkyl halides is 3. The standard InChI is InChI=1S/C12H15F3N2O2/c1-2-5-19-7-11(18)17-8-3-4-10(16)9(6-8)12(13,14)15/h3-4,6H,2,5,7,16H2,1H3,(H,17,18). The molecule has 7 heteroatoms. The highest BCUT2D eigenvalue weighted by molar-refractivity contribution is 5.92. The van der Waals surface area contributed by atoms with Crippen LogP contribution in [0.25, 0.3) is 0 Å². The van der Waals surface area contributed by atoms with Crippen molar-refractivity contribution < 1.29 is 22.7 Å². The van der Waals surface area contributed by atoms with Gasteiger partial charge in [-0.25, -0.2) is 0 Å². The van der Waals surface area contributed by atoms with Crippen LogP contribution >= 0.6 is 0 Å². The van der Waals surface area contributed by atoms with E-state index < -0.39 is 17.6 Å². The molecule has 0 atom stereocenters. The van der Waals surface area contributed by atoms with Crippen molar-refractivity contribution in [2.75, 3.05) is 24.3 Å². The Morgan fingerprint density at radius 3 is 2.68 bits per heavy atom. The fourth-order valence-corrected chi connectivity index (χ4v) is 1.39. The van der Waals surface area contributed by atoms with E-state index in [2.05, 4.69) is 5.32 Å². The van der Waals surface area contributed by atoms with Crippen molar-refractivity contribution in [1.29, 1.82) is 0 Å². The van der Waals surface area contributed by atoms with Gasteiger partial charge in [0.1, 0.15) is 6.61 Å². The summed E-state index contributed by atoms with van der Waals surface area (Å²) >= 11 is 0. The Kier molecular flexibility index (Phi) is 5.17. The number of anilines is 2. The van der Waals surface area contributed by atoms with Crippen molar-refractivity contribution in [2.24, 2.45) is 0 Å². The van der Waals surface area contributed by atoms with Gasteiger partial charge >= 0.3 is 6.18 Å². The molecule has 0 aliphatic rings. The van der Waals surface area contributed by atoms with E-state index in [0.29, 0.717) is 6.61 Å². The quantitative estimate of drug-likeness (QED) is 0.642. The molecular weight excluding hydrogens is 261 g/mol. The van der Waals surface area contributed by atoms with Crippen LogP contribution < -0.4 is 11.1 Å².